The van der Waals surface area contributed by atoms with E-state index in [2.05, 4.69) is 23.5 Å². The fraction of sp³-hybridized carbons (Fsp3) is 0.243. The van der Waals surface area contributed by atoms with E-state index in [1.54, 1.807) is 25.3 Å². The van der Waals surface area contributed by atoms with E-state index in [9.17, 15) is 18.4 Å². The third-order valence-electron chi connectivity index (χ3n) is 8.56. The van der Waals surface area contributed by atoms with Crippen molar-refractivity contribution in [1.29, 1.82) is 0 Å². The van der Waals surface area contributed by atoms with Gasteiger partial charge in [-0.25, -0.2) is 18.2 Å². The number of pyridine rings is 1. The van der Waals surface area contributed by atoms with Gasteiger partial charge in [0, 0.05) is 47.0 Å². The van der Waals surface area contributed by atoms with Gasteiger partial charge < -0.3 is 26.3 Å². The molecule has 9 nitrogen and oxygen atoms in total. The second-order valence-electron chi connectivity index (χ2n) is 12.1. The van der Waals surface area contributed by atoms with Gasteiger partial charge in [-0.05, 0) is 61.8 Å². The van der Waals surface area contributed by atoms with Crippen LogP contribution in [0.3, 0.4) is 0 Å². The normalized spacial score (nSPS) is 17.8. The highest BCUT2D eigenvalue weighted by atomic mass is 35.5. The van der Waals surface area contributed by atoms with Crippen molar-refractivity contribution in [3.63, 3.8) is 0 Å². The van der Waals surface area contributed by atoms with Crippen molar-refractivity contribution >= 4 is 35.3 Å². The first-order chi connectivity index (χ1) is 23.8. The van der Waals surface area contributed by atoms with Crippen molar-refractivity contribution in [2.75, 3.05) is 26.0 Å². The molecule has 5 rings (SSSR count). The lowest BCUT2D eigenvalue weighted by Crippen LogP contribution is -2.40. The van der Waals surface area contributed by atoms with Gasteiger partial charge in [0.25, 0.3) is 5.91 Å². The average molecular weight is 706 g/mol. The number of nitrogens with one attached hydrogen (secondary N) is 1. The number of nitrogen functional groups attached to an aromatic ring is 1. The van der Waals surface area contributed by atoms with Gasteiger partial charge in [0.2, 0.25) is 5.91 Å². The van der Waals surface area contributed by atoms with E-state index >= 15 is 4.39 Å². The maximum atomic E-state index is 15.3. The Morgan fingerprint density at radius 3 is 2.64 bits per heavy atom. The van der Waals surface area contributed by atoms with Crippen molar-refractivity contribution in [3.05, 3.63) is 118 Å². The topological polar surface area (TPSA) is 142 Å². The number of halogens is 4. The molecule has 13 heteroatoms. The van der Waals surface area contributed by atoms with Crippen LogP contribution < -0.4 is 26.3 Å². The summed E-state index contributed by atoms with van der Waals surface area (Å²) in [7, 11) is 1.43. The smallest absolute Gasteiger partial charge is 0.251 e. The van der Waals surface area contributed by atoms with Gasteiger partial charge in [0.15, 0.2) is 0 Å². The molecule has 260 valence electrons. The highest BCUT2D eigenvalue weighted by molar-refractivity contribution is 6.31. The zero-order chi connectivity index (χ0) is 36.3. The summed E-state index contributed by atoms with van der Waals surface area (Å²) < 4.78 is 54.6. The van der Waals surface area contributed by atoms with Crippen molar-refractivity contribution in [2.24, 2.45) is 10.7 Å². The number of amides is 2. The van der Waals surface area contributed by atoms with Crippen LogP contribution in [0.5, 0.6) is 11.5 Å². The van der Waals surface area contributed by atoms with Gasteiger partial charge in [0.1, 0.15) is 46.7 Å². The lowest BCUT2D eigenvalue weighted by atomic mass is 9.81. The van der Waals surface area contributed by atoms with Gasteiger partial charge in [-0.2, -0.15) is 0 Å². The molecular weight excluding hydrogens is 671 g/mol. The minimum atomic E-state index is -1.36. The lowest BCUT2D eigenvalue weighted by Gasteiger charge is -2.23. The quantitative estimate of drug-likeness (QED) is 0.0787. The van der Waals surface area contributed by atoms with Gasteiger partial charge in [-0.15, -0.1) is 0 Å². The van der Waals surface area contributed by atoms with E-state index in [0.717, 1.165) is 31.1 Å². The number of anilines is 1. The number of aliphatic imine (C=N–C) groups is 1. The zero-order valence-corrected chi connectivity index (χ0v) is 28.1. The predicted molar refractivity (Wildman–Crippen MR) is 187 cm³/mol. The van der Waals surface area contributed by atoms with Crippen LogP contribution in [0.1, 0.15) is 52.9 Å². The summed E-state index contributed by atoms with van der Waals surface area (Å²) in [5, 5.41) is 2.50. The van der Waals surface area contributed by atoms with Crippen LogP contribution >= 0.6 is 11.6 Å². The first-order valence-corrected chi connectivity index (χ1v) is 15.9. The second kappa shape index (κ2) is 14.6. The molecule has 2 aliphatic rings. The summed E-state index contributed by atoms with van der Waals surface area (Å²) in [6.07, 6.45) is 8.67. The molecule has 3 aromatic rings. The SMILES string of the molecule is C=C/C(F)=C\C=C/C(=C)[C@H](CNC(=O)c1cc(C=NC2CC2)c(N)c(OC)c1)c1cc2c(c(-c3cc(Cl)c(F)cc3F)n1)OC[C@]2(C)C(N)=O. The maximum absolute atomic E-state index is 15.3. The van der Waals surface area contributed by atoms with E-state index in [0.29, 0.717) is 28.5 Å². The number of nitrogens with zero attached hydrogens (tertiary/aromatic N) is 2. The van der Waals surface area contributed by atoms with Crippen LogP contribution in [-0.2, 0) is 10.2 Å². The van der Waals surface area contributed by atoms with Crippen molar-refractivity contribution in [1.82, 2.24) is 10.3 Å². The number of carbonyl (C=O) groups is 2. The second-order valence-corrected chi connectivity index (χ2v) is 12.6. The van der Waals surface area contributed by atoms with E-state index in [-0.39, 0.29) is 58.2 Å². The Balaban J connectivity index is 1.60. The molecule has 1 aliphatic heterocycles. The first kappa shape index (κ1) is 35.9. The summed E-state index contributed by atoms with van der Waals surface area (Å²) in [6.45, 7) is 8.79. The van der Waals surface area contributed by atoms with Crippen LogP contribution in [-0.4, -0.2) is 49.3 Å². The number of ether oxygens (including phenoxy) is 2. The average Bonchev–Trinajstić information content (AvgIpc) is 3.86. The van der Waals surface area contributed by atoms with Crippen LogP contribution in [0.25, 0.3) is 11.3 Å². The summed E-state index contributed by atoms with van der Waals surface area (Å²) in [5.41, 5.74) is 12.3. The number of nitrogens with two attached hydrogens (primary N) is 2. The van der Waals surface area contributed by atoms with Crippen LogP contribution in [0.15, 0.2) is 84.2 Å². The molecule has 2 atom stereocenters. The molecule has 0 radical (unpaired) electrons. The molecule has 1 saturated carbocycles. The predicted octanol–water partition coefficient (Wildman–Crippen LogP) is 6.65. The van der Waals surface area contributed by atoms with E-state index in [1.807, 2.05) is 0 Å². The summed E-state index contributed by atoms with van der Waals surface area (Å²) in [5.74, 6) is -4.30. The van der Waals surface area contributed by atoms with Crippen LogP contribution in [0.2, 0.25) is 5.02 Å². The fourth-order valence-electron chi connectivity index (χ4n) is 5.31. The minimum Gasteiger partial charge on any atom is -0.495 e. The molecule has 2 aromatic carbocycles. The Hall–Kier alpha value is -5.36. The summed E-state index contributed by atoms with van der Waals surface area (Å²) >= 11 is 6.04. The molecule has 2 amide bonds. The number of carbonyl (C=O) groups excluding carboxylic acids is 2. The van der Waals surface area contributed by atoms with Crippen molar-refractivity contribution < 1.29 is 32.2 Å². The Morgan fingerprint density at radius 1 is 1.24 bits per heavy atom. The number of rotatable bonds is 13. The van der Waals surface area contributed by atoms with E-state index in [4.69, 9.17) is 37.5 Å². The lowest BCUT2D eigenvalue weighted by molar-refractivity contribution is -0.123. The zero-order valence-electron chi connectivity index (χ0n) is 27.4. The molecule has 0 spiro atoms. The number of aromatic nitrogens is 1. The van der Waals surface area contributed by atoms with Crippen LogP contribution in [0, 0.1) is 11.6 Å². The highest BCUT2D eigenvalue weighted by Gasteiger charge is 2.44. The third kappa shape index (κ3) is 7.45. The summed E-state index contributed by atoms with van der Waals surface area (Å²) in [6, 6.07) is 6.55. The number of hydrogen-bond donors (Lipinski definition) is 3. The highest BCUT2D eigenvalue weighted by Crippen LogP contribution is 2.46. The molecule has 0 unspecified atom stereocenters. The van der Waals surface area contributed by atoms with Crippen molar-refractivity contribution in [3.8, 4) is 22.8 Å². The molecule has 1 aromatic heterocycles. The Labute approximate surface area is 292 Å². The Morgan fingerprint density at radius 2 is 1.98 bits per heavy atom. The van der Waals surface area contributed by atoms with Crippen LogP contribution in [0.4, 0.5) is 18.9 Å². The number of allylic oxidation sites excluding steroid dienone is 5. The molecule has 0 bridgehead atoms. The number of primary amides is 1. The molecular formula is C37H35ClF3N5O4. The third-order valence-corrected chi connectivity index (χ3v) is 8.85. The molecule has 1 fully saturated rings. The van der Waals surface area contributed by atoms with Gasteiger partial charge in [-0.3, -0.25) is 14.6 Å². The first-order valence-electron chi connectivity index (χ1n) is 15.5. The molecule has 1 aliphatic carbocycles. The monoisotopic (exact) mass is 705 g/mol. The Kier molecular flexibility index (Phi) is 10.5. The number of fused-ring (bicyclic) bond motifs is 1. The van der Waals surface area contributed by atoms with E-state index < -0.39 is 40.6 Å². The summed E-state index contributed by atoms with van der Waals surface area (Å²) in [4.78, 5) is 35.5. The largest absolute Gasteiger partial charge is 0.495 e. The molecule has 0 saturated heterocycles. The van der Waals surface area contributed by atoms with Gasteiger partial charge in [-0.1, -0.05) is 36.9 Å². The molecule has 5 N–H and O–H groups in total. The maximum Gasteiger partial charge on any atom is 0.251 e. The minimum absolute atomic E-state index is 0.0610. The number of methoxy groups -OCH3 is 1. The van der Waals surface area contributed by atoms with Gasteiger partial charge >= 0.3 is 0 Å². The van der Waals surface area contributed by atoms with Gasteiger partial charge in [0.05, 0.1) is 29.6 Å². The van der Waals surface area contributed by atoms with E-state index in [1.165, 1.54) is 25.3 Å². The number of hydrogen-bond acceptors (Lipinski definition) is 7. The molecule has 50 heavy (non-hydrogen) atoms. The fourth-order valence-corrected chi connectivity index (χ4v) is 5.47. The number of benzene rings is 2. The van der Waals surface area contributed by atoms with Crippen molar-refractivity contribution in [2.45, 2.75) is 37.1 Å². The standard InChI is InChI=1S/C37H35ClF3N5O4/c1-5-22(39)8-6-7-19(2)25(17-45-35(47)20-11-21(16-44-23-9-10-23)32(42)31(12-20)49-4)30-14-26-34(50-18-37(26,3)36(43)48)33(46-30)24-13-27(38)29(41)15-28(24)40/h5-8,11-16,23,25H,1-2,9-10,17-18,42H2,3-4H3,(H2,43,48)(H,45,47)/b7-6-,22-8+,44-16?/t25-,37-/m0/s1. The molecule has 2 heterocycles. The Bertz CT molecular complexity index is 1990.